The average Bonchev–Trinajstić information content (AvgIpc) is 2.85. The van der Waals surface area contributed by atoms with E-state index in [1.165, 1.54) is 32.1 Å². The van der Waals surface area contributed by atoms with Gasteiger partial charge in [-0.1, -0.05) is 32.8 Å². The lowest BCUT2D eigenvalue weighted by Crippen LogP contribution is -2.28. The minimum absolute atomic E-state index is 0.198. The molecule has 0 amide bonds. The van der Waals surface area contributed by atoms with Crippen molar-refractivity contribution in [1.82, 2.24) is 0 Å². The highest BCUT2D eigenvalue weighted by Crippen LogP contribution is 2.43. The molecule has 0 saturated heterocycles. The van der Waals surface area contributed by atoms with Crippen molar-refractivity contribution in [3.8, 4) is 0 Å². The zero-order valence-corrected chi connectivity index (χ0v) is 13.3. The summed E-state index contributed by atoms with van der Waals surface area (Å²) in [5, 5.41) is 14.5. The second-order valence-corrected chi connectivity index (χ2v) is 6.92. The number of anilines is 1. The highest BCUT2D eigenvalue weighted by molar-refractivity contribution is 5.55. The van der Waals surface area contributed by atoms with Crippen molar-refractivity contribution in [2.45, 2.75) is 52.9 Å². The van der Waals surface area contributed by atoms with Crippen molar-refractivity contribution in [3.05, 3.63) is 33.9 Å². The minimum atomic E-state index is -0.306. The molecule has 0 aromatic heterocycles. The van der Waals surface area contributed by atoms with E-state index in [-0.39, 0.29) is 10.6 Å². The van der Waals surface area contributed by atoms with Gasteiger partial charge in [-0.2, -0.15) is 0 Å². The van der Waals surface area contributed by atoms with E-state index in [1.54, 1.807) is 13.0 Å². The molecule has 1 fully saturated rings. The van der Waals surface area contributed by atoms with Gasteiger partial charge in [0.25, 0.3) is 5.69 Å². The largest absolute Gasteiger partial charge is 0.384 e. The van der Waals surface area contributed by atoms with E-state index in [0.29, 0.717) is 16.9 Å². The van der Waals surface area contributed by atoms with Gasteiger partial charge in [0.05, 0.1) is 4.92 Å². The molecule has 1 aliphatic rings. The summed E-state index contributed by atoms with van der Waals surface area (Å²) < 4.78 is 0. The summed E-state index contributed by atoms with van der Waals surface area (Å²) in [7, 11) is 0. The Balaban J connectivity index is 2.07. The maximum Gasteiger partial charge on any atom is 0.274 e. The fraction of sp³-hybridized carbons (Fsp3) is 0.647. The van der Waals surface area contributed by atoms with Crippen molar-refractivity contribution in [1.29, 1.82) is 0 Å². The van der Waals surface area contributed by atoms with Gasteiger partial charge in [-0.25, -0.2) is 0 Å². The van der Waals surface area contributed by atoms with Crippen LogP contribution in [0.2, 0.25) is 0 Å². The first kappa shape index (κ1) is 15.8. The smallest absolute Gasteiger partial charge is 0.274 e. The van der Waals surface area contributed by atoms with E-state index in [9.17, 15) is 10.1 Å². The molecule has 0 unspecified atom stereocenters. The zero-order valence-electron chi connectivity index (χ0n) is 13.3. The molecule has 1 saturated carbocycles. The lowest BCUT2D eigenvalue weighted by Gasteiger charge is -2.31. The van der Waals surface area contributed by atoms with Crippen molar-refractivity contribution >= 4 is 11.4 Å². The van der Waals surface area contributed by atoms with Crippen LogP contribution in [0.25, 0.3) is 0 Å². The van der Waals surface area contributed by atoms with Gasteiger partial charge in [-0.15, -0.1) is 0 Å². The molecule has 116 valence electrons. The number of aryl methyl sites for hydroxylation is 1. The average molecular weight is 290 g/mol. The summed E-state index contributed by atoms with van der Waals surface area (Å²) in [4.78, 5) is 10.7. The van der Waals surface area contributed by atoms with Gasteiger partial charge in [-0.3, -0.25) is 10.1 Å². The predicted molar refractivity (Wildman–Crippen MR) is 86.7 cm³/mol. The minimum Gasteiger partial charge on any atom is -0.384 e. The molecule has 0 bridgehead atoms. The molecular formula is C17H26N2O2. The molecule has 0 spiro atoms. The molecule has 2 rings (SSSR count). The highest BCUT2D eigenvalue weighted by atomic mass is 16.6. The second-order valence-electron chi connectivity index (χ2n) is 6.92. The monoisotopic (exact) mass is 290 g/mol. The number of nitro groups is 1. The zero-order chi connectivity index (χ0) is 15.5. The fourth-order valence-electron chi connectivity index (χ4n) is 3.65. The van der Waals surface area contributed by atoms with Crippen molar-refractivity contribution < 1.29 is 4.92 Å². The van der Waals surface area contributed by atoms with Crippen LogP contribution in [0.1, 0.15) is 51.5 Å². The van der Waals surface area contributed by atoms with E-state index in [4.69, 9.17) is 0 Å². The van der Waals surface area contributed by atoms with Gasteiger partial charge in [0.15, 0.2) is 0 Å². The highest BCUT2D eigenvalue weighted by Gasteiger charge is 2.34. The van der Waals surface area contributed by atoms with Crippen LogP contribution in [0.4, 0.5) is 11.4 Å². The van der Waals surface area contributed by atoms with Crippen molar-refractivity contribution in [3.63, 3.8) is 0 Å². The molecule has 1 aliphatic carbocycles. The van der Waals surface area contributed by atoms with Crippen molar-refractivity contribution in [2.24, 2.45) is 11.3 Å². The number of nitro benzene ring substituents is 1. The Morgan fingerprint density at radius 2 is 2.00 bits per heavy atom. The SMILES string of the molecule is Cc1ccc(NCC2(CC(C)C)CCCC2)cc1[N+](=O)[O-]. The fourth-order valence-corrected chi connectivity index (χ4v) is 3.65. The Hall–Kier alpha value is -1.58. The van der Waals surface area contributed by atoms with E-state index >= 15 is 0 Å². The lowest BCUT2D eigenvalue weighted by molar-refractivity contribution is -0.385. The summed E-state index contributed by atoms with van der Waals surface area (Å²) in [6, 6.07) is 5.43. The van der Waals surface area contributed by atoms with Gasteiger partial charge in [0.2, 0.25) is 0 Å². The summed E-state index contributed by atoms with van der Waals surface area (Å²) in [6.07, 6.45) is 6.39. The third kappa shape index (κ3) is 3.96. The Labute approximate surface area is 127 Å². The number of rotatable bonds is 6. The van der Waals surface area contributed by atoms with Gasteiger partial charge in [-0.05, 0) is 43.6 Å². The van der Waals surface area contributed by atoms with Crippen molar-refractivity contribution in [2.75, 3.05) is 11.9 Å². The predicted octanol–water partition coefficient (Wildman–Crippen LogP) is 4.92. The summed E-state index contributed by atoms with van der Waals surface area (Å²) in [6.45, 7) is 7.25. The molecule has 1 aromatic carbocycles. The van der Waals surface area contributed by atoms with Crippen LogP contribution in [0.15, 0.2) is 18.2 Å². The second kappa shape index (κ2) is 6.46. The van der Waals surface area contributed by atoms with Crippen LogP contribution in [0.3, 0.4) is 0 Å². The standard InChI is InChI=1S/C17H26N2O2/c1-13(2)11-17(8-4-5-9-17)12-18-15-7-6-14(3)16(10-15)19(20)21/h6-7,10,13,18H,4-5,8-9,11-12H2,1-3H3. The third-order valence-corrected chi connectivity index (χ3v) is 4.58. The van der Waals surface area contributed by atoms with E-state index in [2.05, 4.69) is 19.2 Å². The van der Waals surface area contributed by atoms with Crippen LogP contribution in [0, 0.1) is 28.4 Å². The van der Waals surface area contributed by atoms with Crippen LogP contribution in [0.5, 0.6) is 0 Å². The first-order chi connectivity index (χ1) is 9.92. The maximum absolute atomic E-state index is 11.0. The van der Waals surface area contributed by atoms with Gasteiger partial charge in [0, 0.05) is 23.9 Å². The Morgan fingerprint density at radius 1 is 1.33 bits per heavy atom. The van der Waals surface area contributed by atoms with E-state index in [1.807, 2.05) is 12.1 Å². The Morgan fingerprint density at radius 3 is 2.57 bits per heavy atom. The molecule has 4 heteroatoms. The number of hydrogen-bond donors (Lipinski definition) is 1. The molecular weight excluding hydrogens is 264 g/mol. The van der Waals surface area contributed by atoms with Crippen LogP contribution >= 0.6 is 0 Å². The number of benzene rings is 1. The molecule has 0 aliphatic heterocycles. The van der Waals surface area contributed by atoms with E-state index < -0.39 is 0 Å². The molecule has 0 atom stereocenters. The normalized spacial score (nSPS) is 17.1. The quantitative estimate of drug-likeness (QED) is 0.597. The van der Waals surface area contributed by atoms with Gasteiger partial charge >= 0.3 is 0 Å². The number of nitrogens with one attached hydrogen (secondary N) is 1. The molecule has 1 aromatic rings. The summed E-state index contributed by atoms with van der Waals surface area (Å²) in [5.74, 6) is 0.692. The van der Waals surface area contributed by atoms with Crippen LogP contribution in [-0.4, -0.2) is 11.5 Å². The summed E-state index contributed by atoms with van der Waals surface area (Å²) in [5.41, 5.74) is 2.14. The van der Waals surface area contributed by atoms with E-state index in [0.717, 1.165) is 12.2 Å². The Bertz CT molecular complexity index is 506. The maximum atomic E-state index is 11.0. The number of hydrogen-bond acceptors (Lipinski definition) is 3. The molecule has 0 radical (unpaired) electrons. The third-order valence-electron chi connectivity index (χ3n) is 4.58. The molecule has 4 nitrogen and oxygen atoms in total. The topological polar surface area (TPSA) is 55.2 Å². The first-order valence-electron chi connectivity index (χ1n) is 7.91. The lowest BCUT2D eigenvalue weighted by atomic mass is 9.78. The molecule has 0 heterocycles. The number of nitrogens with zero attached hydrogens (tertiary/aromatic N) is 1. The first-order valence-corrected chi connectivity index (χ1v) is 7.91. The Kier molecular flexibility index (Phi) is 4.86. The van der Waals surface area contributed by atoms with Gasteiger partial charge in [0.1, 0.15) is 0 Å². The summed E-state index contributed by atoms with van der Waals surface area (Å²) >= 11 is 0. The van der Waals surface area contributed by atoms with Crippen LogP contribution in [-0.2, 0) is 0 Å². The van der Waals surface area contributed by atoms with Crippen LogP contribution < -0.4 is 5.32 Å². The van der Waals surface area contributed by atoms with Gasteiger partial charge < -0.3 is 5.32 Å². The molecule has 1 N–H and O–H groups in total. The molecule has 21 heavy (non-hydrogen) atoms.